The summed E-state index contributed by atoms with van der Waals surface area (Å²) < 4.78 is 0. The van der Waals surface area contributed by atoms with E-state index in [-0.39, 0.29) is 0 Å². The minimum atomic E-state index is 0.460. The van der Waals surface area contributed by atoms with Gasteiger partial charge in [0.15, 0.2) is 0 Å². The maximum Gasteiger partial charge on any atom is 0.133 e. The van der Waals surface area contributed by atoms with Gasteiger partial charge < -0.3 is 5.73 Å². The van der Waals surface area contributed by atoms with E-state index in [9.17, 15) is 4.79 Å². The molecule has 1 aliphatic rings. The van der Waals surface area contributed by atoms with Crippen molar-refractivity contribution in [1.82, 2.24) is 0 Å². The maximum atomic E-state index is 11.7. The van der Waals surface area contributed by atoms with E-state index in [4.69, 9.17) is 5.73 Å². The fourth-order valence-electron chi connectivity index (χ4n) is 2.34. The van der Waals surface area contributed by atoms with E-state index in [0.717, 1.165) is 19.3 Å². The molecule has 1 saturated carbocycles. The summed E-state index contributed by atoms with van der Waals surface area (Å²) in [6.45, 7) is 2.82. The van der Waals surface area contributed by atoms with Gasteiger partial charge in [0.25, 0.3) is 0 Å². The lowest BCUT2D eigenvalue weighted by molar-refractivity contribution is -0.120. The first-order valence-electron chi connectivity index (χ1n) is 6.44. The first-order valence-corrected chi connectivity index (χ1v) is 6.44. The molecule has 1 atom stereocenters. The number of hydrogen-bond donors (Lipinski definition) is 1. The Bertz CT molecular complexity index is 185. The van der Waals surface area contributed by atoms with E-state index >= 15 is 0 Å². The van der Waals surface area contributed by atoms with Gasteiger partial charge in [0.2, 0.25) is 0 Å². The van der Waals surface area contributed by atoms with Crippen LogP contribution < -0.4 is 5.73 Å². The molecule has 0 saturated heterocycles. The number of hydrogen-bond acceptors (Lipinski definition) is 2. The van der Waals surface area contributed by atoms with Gasteiger partial charge in [0.1, 0.15) is 5.78 Å². The molecule has 0 aromatic rings. The van der Waals surface area contributed by atoms with Crippen molar-refractivity contribution in [1.29, 1.82) is 0 Å². The zero-order chi connectivity index (χ0) is 11.1. The lowest BCUT2D eigenvalue weighted by Gasteiger charge is -2.20. The number of rotatable bonds is 6. The predicted molar refractivity (Wildman–Crippen MR) is 63.7 cm³/mol. The van der Waals surface area contributed by atoms with Gasteiger partial charge in [-0.15, -0.1) is 0 Å². The van der Waals surface area contributed by atoms with Crippen LogP contribution in [0.3, 0.4) is 0 Å². The normalized spacial score (nSPS) is 20.1. The van der Waals surface area contributed by atoms with E-state index < -0.39 is 0 Å². The third-order valence-electron chi connectivity index (χ3n) is 3.56. The minimum absolute atomic E-state index is 0.460. The molecule has 2 heteroatoms. The Morgan fingerprint density at radius 2 is 2.00 bits per heavy atom. The summed E-state index contributed by atoms with van der Waals surface area (Å²) in [4.78, 5) is 11.7. The molecule has 0 spiro atoms. The maximum absolute atomic E-state index is 11.7. The molecule has 2 N–H and O–H groups in total. The van der Waals surface area contributed by atoms with Crippen LogP contribution in [-0.4, -0.2) is 12.3 Å². The molecule has 0 bridgehead atoms. The van der Waals surface area contributed by atoms with Crippen molar-refractivity contribution in [3.8, 4) is 0 Å². The summed E-state index contributed by atoms with van der Waals surface area (Å²) >= 11 is 0. The monoisotopic (exact) mass is 211 g/mol. The van der Waals surface area contributed by atoms with E-state index in [0.29, 0.717) is 24.2 Å². The second-order valence-corrected chi connectivity index (χ2v) is 5.13. The average Bonchev–Trinajstić information content (AvgIpc) is 2.27. The number of Topliss-reactive ketones (excluding diaryl/α,β-unsaturated/α-hetero) is 1. The standard InChI is InChI=1S/C13H25NO/c1-11(10-14)7-8-13(15)9-12-5-3-2-4-6-12/h11-12H,2-10,14H2,1H3. The number of carbonyl (C=O) groups is 1. The largest absolute Gasteiger partial charge is 0.330 e. The predicted octanol–water partition coefficient (Wildman–Crippen LogP) is 2.90. The van der Waals surface area contributed by atoms with Crippen LogP contribution in [0.5, 0.6) is 0 Å². The van der Waals surface area contributed by atoms with Crippen LogP contribution in [0.25, 0.3) is 0 Å². The molecule has 0 heterocycles. The van der Waals surface area contributed by atoms with Crippen molar-refractivity contribution in [3.63, 3.8) is 0 Å². The number of ketones is 1. The Hall–Kier alpha value is -0.370. The summed E-state index contributed by atoms with van der Waals surface area (Å²) in [5.74, 6) is 1.65. The Balaban J connectivity index is 2.11. The molecule has 0 radical (unpaired) electrons. The molecule has 0 aromatic carbocycles. The van der Waals surface area contributed by atoms with E-state index in [1.807, 2.05) is 0 Å². The van der Waals surface area contributed by atoms with Crippen LogP contribution in [0.2, 0.25) is 0 Å². The third kappa shape index (κ3) is 5.31. The zero-order valence-electron chi connectivity index (χ0n) is 10.0. The molecule has 88 valence electrons. The Morgan fingerprint density at radius 1 is 1.33 bits per heavy atom. The van der Waals surface area contributed by atoms with Crippen molar-refractivity contribution in [2.45, 2.75) is 58.3 Å². The summed E-state index contributed by atoms with van der Waals surface area (Å²) in [5.41, 5.74) is 5.53. The molecule has 1 unspecified atom stereocenters. The molecule has 1 rings (SSSR count). The molecular formula is C13H25NO. The molecule has 1 fully saturated rings. The van der Waals surface area contributed by atoms with Gasteiger partial charge in [0, 0.05) is 12.8 Å². The second kappa shape index (κ2) is 7.00. The van der Waals surface area contributed by atoms with Crippen LogP contribution in [-0.2, 0) is 4.79 Å². The van der Waals surface area contributed by atoms with Gasteiger partial charge in [-0.1, -0.05) is 39.0 Å². The fourth-order valence-corrected chi connectivity index (χ4v) is 2.34. The molecule has 2 nitrogen and oxygen atoms in total. The van der Waals surface area contributed by atoms with Gasteiger partial charge in [-0.2, -0.15) is 0 Å². The van der Waals surface area contributed by atoms with Crippen molar-refractivity contribution in [3.05, 3.63) is 0 Å². The van der Waals surface area contributed by atoms with Gasteiger partial charge in [0.05, 0.1) is 0 Å². The Labute approximate surface area is 93.6 Å². The topological polar surface area (TPSA) is 43.1 Å². The van der Waals surface area contributed by atoms with Crippen molar-refractivity contribution < 1.29 is 4.79 Å². The summed E-state index contributed by atoms with van der Waals surface area (Å²) in [6, 6.07) is 0. The quantitative estimate of drug-likeness (QED) is 0.734. The fraction of sp³-hybridized carbons (Fsp3) is 0.923. The smallest absolute Gasteiger partial charge is 0.133 e. The summed E-state index contributed by atoms with van der Waals surface area (Å²) in [7, 11) is 0. The van der Waals surface area contributed by atoms with Crippen LogP contribution in [0, 0.1) is 11.8 Å². The highest BCUT2D eigenvalue weighted by Gasteiger charge is 2.17. The van der Waals surface area contributed by atoms with Crippen LogP contribution in [0.15, 0.2) is 0 Å². The second-order valence-electron chi connectivity index (χ2n) is 5.13. The molecular weight excluding hydrogens is 186 g/mol. The SMILES string of the molecule is CC(CN)CCC(=O)CC1CCCCC1. The molecule has 0 aromatic heterocycles. The van der Waals surface area contributed by atoms with E-state index in [1.54, 1.807) is 0 Å². The average molecular weight is 211 g/mol. The van der Waals surface area contributed by atoms with Gasteiger partial charge in [-0.25, -0.2) is 0 Å². The first-order chi connectivity index (χ1) is 7.22. The van der Waals surface area contributed by atoms with Crippen molar-refractivity contribution in [2.75, 3.05) is 6.54 Å². The van der Waals surface area contributed by atoms with Crippen molar-refractivity contribution in [2.24, 2.45) is 17.6 Å². The molecule has 1 aliphatic carbocycles. The summed E-state index contributed by atoms with van der Waals surface area (Å²) in [6.07, 6.45) is 9.13. The third-order valence-corrected chi connectivity index (χ3v) is 3.56. The van der Waals surface area contributed by atoms with E-state index in [2.05, 4.69) is 6.92 Å². The van der Waals surface area contributed by atoms with Crippen LogP contribution >= 0.6 is 0 Å². The van der Waals surface area contributed by atoms with Crippen LogP contribution in [0.4, 0.5) is 0 Å². The van der Waals surface area contributed by atoms with E-state index in [1.165, 1.54) is 32.1 Å². The molecule has 0 amide bonds. The van der Waals surface area contributed by atoms with Gasteiger partial charge >= 0.3 is 0 Å². The lowest BCUT2D eigenvalue weighted by Crippen LogP contribution is -2.15. The highest BCUT2D eigenvalue weighted by atomic mass is 16.1. The minimum Gasteiger partial charge on any atom is -0.330 e. The van der Waals surface area contributed by atoms with Gasteiger partial charge in [-0.3, -0.25) is 4.79 Å². The summed E-state index contributed by atoms with van der Waals surface area (Å²) in [5, 5.41) is 0. The van der Waals surface area contributed by atoms with Gasteiger partial charge in [-0.05, 0) is 24.8 Å². The Morgan fingerprint density at radius 3 is 2.60 bits per heavy atom. The lowest BCUT2D eigenvalue weighted by atomic mass is 9.85. The highest BCUT2D eigenvalue weighted by Crippen LogP contribution is 2.27. The molecule has 15 heavy (non-hydrogen) atoms. The number of carbonyl (C=O) groups excluding carboxylic acids is 1. The Kier molecular flexibility index (Phi) is 5.92. The molecule has 0 aliphatic heterocycles. The first kappa shape index (κ1) is 12.7. The zero-order valence-corrected chi connectivity index (χ0v) is 10.0. The number of nitrogens with two attached hydrogens (primary N) is 1. The van der Waals surface area contributed by atoms with Crippen LogP contribution in [0.1, 0.15) is 58.3 Å². The highest BCUT2D eigenvalue weighted by molar-refractivity contribution is 5.78. The van der Waals surface area contributed by atoms with Crippen molar-refractivity contribution >= 4 is 5.78 Å².